The minimum absolute atomic E-state index is 0.280. The van der Waals surface area contributed by atoms with Gasteiger partial charge in [0.15, 0.2) is 0 Å². The van der Waals surface area contributed by atoms with Crippen molar-refractivity contribution < 1.29 is 13.2 Å². The molecule has 1 aliphatic rings. The number of hydrogen-bond acceptors (Lipinski definition) is 4. The summed E-state index contributed by atoms with van der Waals surface area (Å²) in [5.74, 6) is 0. The van der Waals surface area contributed by atoms with Gasteiger partial charge in [0.05, 0.1) is 6.10 Å². The lowest BCUT2D eigenvalue weighted by molar-refractivity contribution is 0.121. The van der Waals surface area contributed by atoms with Gasteiger partial charge < -0.3 is 9.64 Å². The first-order valence-corrected chi connectivity index (χ1v) is 7.94. The minimum Gasteiger partial charge on any atom is -0.380 e. The lowest BCUT2D eigenvalue weighted by Crippen LogP contribution is -2.29. The number of nitrogens with one attached hydrogen (secondary N) is 1. The summed E-state index contributed by atoms with van der Waals surface area (Å²) in [6.45, 7) is 1.83. The Hall–Kier alpha value is -1.31. The Kier molecular flexibility index (Phi) is 4.52. The number of benzene rings is 1. The van der Waals surface area contributed by atoms with Gasteiger partial charge in [-0.15, -0.1) is 0 Å². The molecule has 1 N–H and O–H groups in total. The van der Waals surface area contributed by atoms with Crippen LogP contribution in [0.5, 0.6) is 0 Å². The van der Waals surface area contributed by atoms with Crippen LogP contribution in [-0.2, 0) is 14.9 Å². The number of methoxy groups -OCH3 is 1. The van der Waals surface area contributed by atoms with E-state index in [9.17, 15) is 8.42 Å². The predicted octanol–water partition coefficient (Wildman–Crippen LogP) is 1.13. The Bertz CT molecular complexity index is 542. The molecule has 20 heavy (non-hydrogen) atoms. The summed E-state index contributed by atoms with van der Waals surface area (Å²) in [4.78, 5) is 2.23. The van der Waals surface area contributed by atoms with Crippen LogP contribution in [0.15, 0.2) is 24.3 Å². The maximum atomic E-state index is 11.7. The van der Waals surface area contributed by atoms with Crippen molar-refractivity contribution in [2.75, 3.05) is 43.9 Å². The number of nitrogens with zero attached hydrogens (tertiary/aromatic N) is 2. The zero-order valence-corrected chi connectivity index (χ0v) is 12.9. The van der Waals surface area contributed by atoms with E-state index in [-0.39, 0.29) is 6.10 Å². The monoisotopic (exact) mass is 299 g/mol. The molecule has 1 aliphatic heterocycles. The third kappa shape index (κ3) is 3.41. The van der Waals surface area contributed by atoms with Gasteiger partial charge in [-0.25, -0.2) is 0 Å². The summed E-state index contributed by atoms with van der Waals surface area (Å²) < 4.78 is 32.4. The molecule has 1 aromatic carbocycles. The van der Waals surface area contributed by atoms with Crippen LogP contribution >= 0.6 is 0 Å². The summed E-state index contributed by atoms with van der Waals surface area (Å²) >= 11 is 0. The van der Waals surface area contributed by atoms with Crippen molar-refractivity contribution in [2.45, 2.75) is 12.5 Å². The first-order valence-electron chi connectivity index (χ1n) is 6.50. The molecule has 0 spiro atoms. The Labute approximate surface area is 120 Å². The highest BCUT2D eigenvalue weighted by molar-refractivity contribution is 7.90. The number of rotatable bonds is 5. The number of ether oxygens (including phenoxy) is 1. The van der Waals surface area contributed by atoms with E-state index in [1.807, 2.05) is 12.1 Å². The second kappa shape index (κ2) is 5.99. The minimum atomic E-state index is -3.45. The zero-order chi connectivity index (χ0) is 14.8. The molecule has 0 aliphatic carbocycles. The Balaban J connectivity index is 2.04. The van der Waals surface area contributed by atoms with Crippen LogP contribution in [-0.4, -0.2) is 53.1 Å². The fraction of sp³-hybridized carbons (Fsp3) is 0.538. The highest BCUT2D eigenvalue weighted by Gasteiger charge is 2.22. The normalized spacial score (nSPS) is 19.6. The Morgan fingerprint density at radius 3 is 2.45 bits per heavy atom. The smallest absolute Gasteiger partial charge is 0.301 e. The molecule has 0 unspecified atom stereocenters. The van der Waals surface area contributed by atoms with Crippen LogP contribution < -0.4 is 9.62 Å². The van der Waals surface area contributed by atoms with Crippen LogP contribution in [0.2, 0.25) is 0 Å². The van der Waals surface area contributed by atoms with Gasteiger partial charge in [0.25, 0.3) is 0 Å². The maximum Gasteiger partial charge on any atom is 0.301 e. The van der Waals surface area contributed by atoms with E-state index in [4.69, 9.17) is 4.74 Å². The SMILES string of the molecule is CO[C@H]1CCN(c2ccc(NS(=O)(=O)N(C)C)cc2)C1. The molecule has 0 radical (unpaired) electrons. The lowest BCUT2D eigenvalue weighted by atomic mass is 10.2. The van der Waals surface area contributed by atoms with Gasteiger partial charge in [0.1, 0.15) is 0 Å². The topological polar surface area (TPSA) is 61.9 Å². The quantitative estimate of drug-likeness (QED) is 0.885. The molecule has 0 aromatic heterocycles. The molecule has 112 valence electrons. The van der Waals surface area contributed by atoms with Crippen molar-refractivity contribution in [1.82, 2.24) is 4.31 Å². The summed E-state index contributed by atoms with van der Waals surface area (Å²) in [6, 6.07) is 7.39. The molecule has 1 saturated heterocycles. The average molecular weight is 299 g/mol. The second-order valence-electron chi connectivity index (χ2n) is 5.03. The van der Waals surface area contributed by atoms with Crippen molar-refractivity contribution in [3.05, 3.63) is 24.3 Å². The molecular formula is C13H21N3O3S. The van der Waals surface area contributed by atoms with Crippen molar-refractivity contribution in [3.63, 3.8) is 0 Å². The van der Waals surface area contributed by atoms with Crippen molar-refractivity contribution >= 4 is 21.6 Å². The number of anilines is 2. The third-order valence-corrected chi connectivity index (χ3v) is 4.89. The summed E-state index contributed by atoms with van der Waals surface area (Å²) in [6.07, 6.45) is 1.30. The van der Waals surface area contributed by atoms with Crippen LogP contribution in [0.1, 0.15) is 6.42 Å². The van der Waals surface area contributed by atoms with E-state index in [1.165, 1.54) is 14.1 Å². The summed E-state index contributed by atoms with van der Waals surface area (Å²) in [7, 11) is 1.27. The van der Waals surface area contributed by atoms with E-state index in [2.05, 4.69) is 9.62 Å². The molecule has 2 rings (SSSR count). The molecule has 1 atom stereocenters. The molecule has 0 amide bonds. The van der Waals surface area contributed by atoms with Crippen LogP contribution in [0.4, 0.5) is 11.4 Å². The Morgan fingerprint density at radius 2 is 1.95 bits per heavy atom. The lowest BCUT2D eigenvalue weighted by Gasteiger charge is -2.19. The van der Waals surface area contributed by atoms with Gasteiger partial charge in [0, 0.05) is 45.7 Å². The summed E-state index contributed by atoms with van der Waals surface area (Å²) in [5.41, 5.74) is 1.64. The van der Waals surface area contributed by atoms with Gasteiger partial charge in [-0.1, -0.05) is 0 Å². The van der Waals surface area contributed by atoms with Gasteiger partial charge in [-0.05, 0) is 30.7 Å². The van der Waals surface area contributed by atoms with Gasteiger partial charge in [0.2, 0.25) is 0 Å². The largest absolute Gasteiger partial charge is 0.380 e. The first kappa shape index (κ1) is 15.1. The molecule has 6 nitrogen and oxygen atoms in total. The summed E-state index contributed by atoms with van der Waals surface area (Å²) in [5, 5.41) is 0. The van der Waals surface area contributed by atoms with Crippen LogP contribution in [0.25, 0.3) is 0 Å². The Morgan fingerprint density at radius 1 is 1.30 bits per heavy atom. The zero-order valence-electron chi connectivity index (χ0n) is 12.0. The molecule has 1 aromatic rings. The van der Waals surface area contributed by atoms with Crippen LogP contribution in [0, 0.1) is 0 Å². The van der Waals surface area contributed by atoms with Crippen molar-refractivity contribution in [1.29, 1.82) is 0 Å². The predicted molar refractivity (Wildman–Crippen MR) is 80.3 cm³/mol. The first-order chi connectivity index (χ1) is 9.42. The average Bonchev–Trinajstić information content (AvgIpc) is 2.88. The molecule has 7 heteroatoms. The van der Waals surface area contributed by atoms with E-state index in [0.717, 1.165) is 29.5 Å². The highest BCUT2D eigenvalue weighted by Crippen LogP contribution is 2.23. The van der Waals surface area contributed by atoms with Gasteiger partial charge in [-0.3, -0.25) is 4.72 Å². The molecule has 1 fully saturated rings. The van der Waals surface area contributed by atoms with Crippen LogP contribution in [0.3, 0.4) is 0 Å². The highest BCUT2D eigenvalue weighted by atomic mass is 32.2. The third-order valence-electron chi connectivity index (χ3n) is 3.44. The fourth-order valence-corrected chi connectivity index (χ4v) is 2.75. The molecule has 0 bridgehead atoms. The molecular weight excluding hydrogens is 278 g/mol. The molecule has 1 heterocycles. The van der Waals surface area contributed by atoms with Crippen molar-refractivity contribution in [3.8, 4) is 0 Å². The number of hydrogen-bond donors (Lipinski definition) is 1. The van der Waals surface area contributed by atoms with Gasteiger partial charge in [-0.2, -0.15) is 12.7 Å². The maximum absolute atomic E-state index is 11.7. The van der Waals surface area contributed by atoms with E-state index >= 15 is 0 Å². The van der Waals surface area contributed by atoms with Crippen molar-refractivity contribution in [2.24, 2.45) is 0 Å². The van der Waals surface area contributed by atoms with E-state index in [1.54, 1.807) is 19.2 Å². The van der Waals surface area contributed by atoms with Gasteiger partial charge >= 0.3 is 10.2 Å². The van der Waals surface area contributed by atoms with E-state index in [0.29, 0.717) is 5.69 Å². The molecule has 0 saturated carbocycles. The standard InChI is InChI=1S/C13H21N3O3S/c1-15(2)20(17,18)14-11-4-6-12(7-5-11)16-9-8-13(10-16)19-3/h4-7,13-14H,8-10H2,1-3H3/t13-/m0/s1. The second-order valence-corrected chi connectivity index (χ2v) is 6.91. The fourth-order valence-electron chi connectivity index (χ4n) is 2.14. The van der Waals surface area contributed by atoms with E-state index < -0.39 is 10.2 Å².